The van der Waals surface area contributed by atoms with E-state index in [0.717, 1.165) is 0 Å². The van der Waals surface area contributed by atoms with E-state index >= 15 is 0 Å². The second kappa shape index (κ2) is 7.86. The highest BCUT2D eigenvalue weighted by atomic mass is 16.5. The Balaban J connectivity index is 1.72. The van der Waals surface area contributed by atoms with Crippen molar-refractivity contribution in [2.24, 2.45) is 5.92 Å². The molecule has 0 spiro atoms. The van der Waals surface area contributed by atoms with Crippen molar-refractivity contribution in [1.29, 1.82) is 0 Å². The maximum Gasteiger partial charge on any atom is 0.247 e. The molecule has 26 heavy (non-hydrogen) atoms. The van der Waals surface area contributed by atoms with Gasteiger partial charge in [-0.1, -0.05) is 13.8 Å². The Hall–Kier alpha value is -2.42. The Kier molecular flexibility index (Phi) is 5.55. The van der Waals surface area contributed by atoms with E-state index in [1.54, 1.807) is 11.8 Å². The number of fused-ring (bicyclic) bond motifs is 1. The first-order valence-corrected chi connectivity index (χ1v) is 8.99. The first kappa shape index (κ1) is 18.4. The van der Waals surface area contributed by atoms with Crippen molar-refractivity contribution in [3.05, 3.63) is 5.82 Å². The Morgan fingerprint density at radius 1 is 1.35 bits per heavy atom. The lowest BCUT2D eigenvalue weighted by molar-refractivity contribution is -0.133. The summed E-state index contributed by atoms with van der Waals surface area (Å²) >= 11 is 0. The minimum Gasteiger partial charge on any atom is -0.378 e. The van der Waals surface area contributed by atoms with E-state index in [1.807, 2.05) is 0 Å². The van der Waals surface area contributed by atoms with E-state index in [4.69, 9.17) is 4.74 Å². The Morgan fingerprint density at radius 2 is 2.08 bits per heavy atom. The fraction of sp³-hybridized carbons (Fsp3) is 0.647. The molecule has 1 aromatic heterocycles. The van der Waals surface area contributed by atoms with Crippen LogP contribution in [0.2, 0.25) is 0 Å². The summed E-state index contributed by atoms with van der Waals surface area (Å²) in [5, 5.41) is 9.12. The van der Waals surface area contributed by atoms with E-state index in [2.05, 4.69) is 39.8 Å². The molecule has 1 atom stereocenters. The number of carbonyl (C=O) groups excluding carboxylic acids is 2. The van der Waals surface area contributed by atoms with Crippen molar-refractivity contribution < 1.29 is 14.3 Å². The van der Waals surface area contributed by atoms with Crippen LogP contribution in [0.1, 0.15) is 26.1 Å². The molecule has 2 aliphatic rings. The van der Waals surface area contributed by atoms with Crippen molar-refractivity contribution in [2.45, 2.75) is 33.2 Å². The second-order valence-corrected chi connectivity index (χ2v) is 7.01. The third-order valence-electron chi connectivity index (χ3n) is 4.37. The number of anilines is 3. The molecule has 3 rings (SSSR count). The van der Waals surface area contributed by atoms with Gasteiger partial charge in [0.15, 0.2) is 11.6 Å². The molecule has 2 amide bonds. The Labute approximate surface area is 152 Å². The standard InChI is InChI=1S/C17H26N6O3/c1-10(2)8-12-17(25)22-14-15(19-11(3)20-16(14)21-12)18-9-13(24)23-4-6-26-7-5-23/h10,12H,4-9H2,1-3H3,(H,22,25)(H2,18,19,20,21). The van der Waals surface area contributed by atoms with Crippen LogP contribution in [0.25, 0.3) is 0 Å². The fourth-order valence-electron chi connectivity index (χ4n) is 3.09. The molecule has 0 saturated carbocycles. The highest BCUT2D eigenvalue weighted by Gasteiger charge is 2.30. The van der Waals surface area contributed by atoms with Gasteiger partial charge in [-0.3, -0.25) is 9.59 Å². The van der Waals surface area contributed by atoms with E-state index < -0.39 is 0 Å². The van der Waals surface area contributed by atoms with Crippen molar-refractivity contribution in [3.8, 4) is 0 Å². The topological polar surface area (TPSA) is 108 Å². The number of amides is 2. The van der Waals surface area contributed by atoms with Gasteiger partial charge < -0.3 is 25.6 Å². The van der Waals surface area contributed by atoms with Gasteiger partial charge in [0.1, 0.15) is 17.6 Å². The molecule has 3 heterocycles. The molecule has 9 nitrogen and oxygen atoms in total. The quantitative estimate of drug-likeness (QED) is 0.712. The van der Waals surface area contributed by atoms with E-state index in [1.165, 1.54) is 0 Å². The van der Waals surface area contributed by atoms with Crippen molar-refractivity contribution in [1.82, 2.24) is 14.9 Å². The summed E-state index contributed by atoms with van der Waals surface area (Å²) in [6.07, 6.45) is 0.715. The summed E-state index contributed by atoms with van der Waals surface area (Å²) in [5.41, 5.74) is 0.496. The largest absolute Gasteiger partial charge is 0.378 e. The summed E-state index contributed by atoms with van der Waals surface area (Å²) in [6.45, 7) is 8.34. The molecular formula is C17H26N6O3. The van der Waals surface area contributed by atoms with Crippen LogP contribution < -0.4 is 16.0 Å². The number of hydrogen-bond acceptors (Lipinski definition) is 7. The highest BCUT2D eigenvalue weighted by Crippen LogP contribution is 2.32. The maximum atomic E-state index is 12.4. The molecule has 1 unspecified atom stereocenters. The highest BCUT2D eigenvalue weighted by molar-refractivity contribution is 6.05. The number of carbonyl (C=O) groups is 2. The number of aromatic nitrogens is 2. The first-order chi connectivity index (χ1) is 12.4. The minimum absolute atomic E-state index is 0.0221. The predicted molar refractivity (Wildman–Crippen MR) is 98.2 cm³/mol. The third kappa shape index (κ3) is 4.21. The van der Waals surface area contributed by atoms with Gasteiger partial charge in [0.05, 0.1) is 19.8 Å². The van der Waals surface area contributed by atoms with Crippen LogP contribution >= 0.6 is 0 Å². The molecule has 9 heteroatoms. The number of morpholine rings is 1. The normalized spacial score (nSPS) is 19.6. The number of nitrogens with one attached hydrogen (secondary N) is 3. The lowest BCUT2D eigenvalue weighted by atomic mass is 10.0. The SMILES string of the molecule is Cc1nc(NCC(=O)N2CCOCC2)c2c(n1)NC(CC(C)C)C(=O)N2. The van der Waals surface area contributed by atoms with E-state index in [0.29, 0.717) is 61.8 Å². The van der Waals surface area contributed by atoms with Gasteiger partial charge in [-0.25, -0.2) is 9.97 Å². The molecule has 3 N–H and O–H groups in total. The number of aryl methyl sites for hydroxylation is 1. The molecule has 1 saturated heterocycles. The summed E-state index contributed by atoms with van der Waals surface area (Å²) in [5.74, 6) is 1.86. The molecule has 142 valence electrons. The smallest absolute Gasteiger partial charge is 0.247 e. The van der Waals surface area contributed by atoms with Gasteiger partial charge in [-0.2, -0.15) is 0 Å². The van der Waals surface area contributed by atoms with Gasteiger partial charge in [0.2, 0.25) is 11.8 Å². The molecular weight excluding hydrogens is 336 g/mol. The summed E-state index contributed by atoms with van der Waals surface area (Å²) < 4.78 is 5.26. The van der Waals surface area contributed by atoms with Gasteiger partial charge >= 0.3 is 0 Å². The molecule has 0 radical (unpaired) electrons. The molecule has 1 fully saturated rings. The van der Waals surface area contributed by atoms with Gasteiger partial charge in [-0.15, -0.1) is 0 Å². The van der Waals surface area contributed by atoms with Crippen LogP contribution in [0, 0.1) is 12.8 Å². The van der Waals surface area contributed by atoms with E-state index in [-0.39, 0.29) is 24.4 Å². The van der Waals surface area contributed by atoms with Crippen molar-refractivity contribution >= 4 is 29.1 Å². The molecule has 0 aromatic carbocycles. The molecule has 0 aliphatic carbocycles. The Morgan fingerprint density at radius 3 is 2.77 bits per heavy atom. The van der Waals surface area contributed by atoms with Gasteiger partial charge in [0.25, 0.3) is 0 Å². The number of hydrogen-bond donors (Lipinski definition) is 3. The predicted octanol–water partition coefficient (Wildman–Crippen LogP) is 0.834. The lowest BCUT2D eigenvalue weighted by Crippen LogP contribution is -2.43. The van der Waals surface area contributed by atoms with Crippen LogP contribution in [-0.2, 0) is 14.3 Å². The Bertz CT molecular complexity index is 687. The third-order valence-corrected chi connectivity index (χ3v) is 4.37. The van der Waals surface area contributed by atoms with Gasteiger partial charge in [-0.05, 0) is 19.3 Å². The zero-order chi connectivity index (χ0) is 18.7. The van der Waals surface area contributed by atoms with Crippen LogP contribution in [0.15, 0.2) is 0 Å². The number of rotatable bonds is 5. The van der Waals surface area contributed by atoms with E-state index in [9.17, 15) is 9.59 Å². The molecule has 2 aliphatic heterocycles. The zero-order valence-corrected chi connectivity index (χ0v) is 15.5. The molecule has 0 bridgehead atoms. The van der Waals surface area contributed by atoms with Crippen LogP contribution in [-0.4, -0.2) is 65.6 Å². The minimum atomic E-state index is -0.320. The average Bonchev–Trinajstić information content (AvgIpc) is 2.61. The lowest BCUT2D eigenvalue weighted by Gasteiger charge is -2.29. The van der Waals surface area contributed by atoms with Crippen molar-refractivity contribution in [3.63, 3.8) is 0 Å². The van der Waals surface area contributed by atoms with Crippen LogP contribution in [0.5, 0.6) is 0 Å². The van der Waals surface area contributed by atoms with Gasteiger partial charge in [0, 0.05) is 13.1 Å². The van der Waals surface area contributed by atoms with Crippen LogP contribution in [0.4, 0.5) is 17.3 Å². The second-order valence-electron chi connectivity index (χ2n) is 7.01. The molecule has 1 aromatic rings. The zero-order valence-electron chi connectivity index (χ0n) is 15.5. The number of ether oxygens (including phenoxy) is 1. The monoisotopic (exact) mass is 362 g/mol. The maximum absolute atomic E-state index is 12.4. The summed E-state index contributed by atoms with van der Waals surface area (Å²) in [7, 11) is 0. The first-order valence-electron chi connectivity index (χ1n) is 8.99. The average molecular weight is 362 g/mol. The summed E-state index contributed by atoms with van der Waals surface area (Å²) in [6, 6.07) is -0.320. The fourth-order valence-corrected chi connectivity index (χ4v) is 3.09. The number of nitrogens with zero attached hydrogens (tertiary/aromatic N) is 3. The van der Waals surface area contributed by atoms with Crippen molar-refractivity contribution in [2.75, 3.05) is 48.8 Å². The summed E-state index contributed by atoms with van der Waals surface area (Å²) in [4.78, 5) is 35.2. The van der Waals surface area contributed by atoms with Crippen LogP contribution in [0.3, 0.4) is 0 Å².